The van der Waals surface area contributed by atoms with Crippen molar-refractivity contribution in [2.45, 2.75) is 26.7 Å². The Morgan fingerprint density at radius 2 is 2.23 bits per heavy atom. The van der Waals surface area contributed by atoms with Crippen molar-refractivity contribution in [2.75, 3.05) is 0 Å². The van der Waals surface area contributed by atoms with Gasteiger partial charge in [0.25, 0.3) is 5.91 Å². The molecular formula is C16H16N4OS. The van der Waals surface area contributed by atoms with E-state index in [1.807, 2.05) is 31.2 Å². The third kappa shape index (κ3) is 2.74. The zero-order valence-corrected chi connectivity index (χ0v) is 13.3. The van der Waals surface area contributed by atoms with Crippen molar-refractivity contribution >= 4 is 39.8 Å². The first kappa shape index (κ1) is 14.7. The number of fused-ring (bicyclic) bond motifs is 1. The number of nitrogens with one attached hydrogen (secondary N) is 1. The maximum atomic E-state index is 12.2. The van der Waals surface area contributed by atoms with Gasteiger partial charge in [-0.3, -0.25) is 10.2 Å². The van der Waals surface area contributed by atoms with Crippen LogP contribution in [0.15, 0.2) is 39.9 Å². The van der Waals surface area contributed by atoms with Crippen molar-refractivity contribution < 1.29 is 4.79 Å². The molecule has 5 nitrogen and oxygen atoms in total. The molecule has 2 aliphatic rings. The highest BCUT2D eigenvalue weighted by Gasteiger charge is 2.35. The molecule has 2 aliphatic heterocycles. The molecule has 0 radical (unpaired) electrons. The number of amidine groups is 2. The van der Waals surface area contributed by atoms with Gasteiger partial charge in [0.05, 0.1) is 5.57 Å². The molecule has 0 spiro atoms. The molecule has 112 valence electrons. The number of rotatable bonds is 3. The fourth-order valence-electron chi connectivity index (χ4n) is 2.27. The third-order valence-corrected chi connectivity index (χ3v) is 4.28. The van der Waals surface area contributed by atoms with Gasteiger partial charge in [-0.1, -0.05) is 36.8 Å². The van der Waals surface area contributed by atoms with Crippen molar-refractivity contribution in [2.24, 2.45) is 10.1 Å². The average Bonchev–Trinajstić information content (AvgIpc) is 2.87. The quantitative estimate of drug-likeness (QED) is 0.870. The summed E-state index contributed by atoms with van der Waals surface area (Å²) in [6.07, 6.45) is 3.51. The molecule has 1 N–H and O–H groups in total. The Kier molecular flexibility index (Phi) is 3.94. The molecule has 1 amide bonds. The molecule has 0 saturated carbocycles. The summed E-state index contributed by atoms with van der Waals surface area (Å²) in [4.78, 5) is 16.3. The summed E-state index contributed by atoms with van der Waals surface area (Å²) in [5.41, 5.74) is 2.26. The summed E-state index contributed by atoms with van der Waals surface area (Å²) in [5.74, 6) is -0.284. The third-order valence-electron chi connectivity index (χ3n) is 3.31. The predicted octanol–water partition coefficient (Wildman–Crippen LogP) is 3.41. The number of amides is 1. The van der Waals surface area contributed by atoms with Gasteiger partial charge in [-0.15, -0.1) is 0 Å². The lowest BCUT2D eigenvalue weighted by molar-refractivity contribution is -0.114. The number of thioether (sulfide) groups is 1. The number of hydrazone groups is 1. The Morgan fingerprint density at radius 3 is 2.95 bits per heavy atom. The Labute approximate surface area is 133 Å². The van der Waals surface area contributed by atoms with Gasteiger partial charge in [-0.25, -0.2) is 0 Å². The molecule has 1 aromatic rings. The van der Waals surface area contributed by atoms with Gasteiger partial charge < -0.3 is 0 Å². The Morgan fingerprint density at radius 1 is 1.41 bits per heavy atom. The minimum atomic E-state index is -0.377. The van der Waals surface area contributed by atoms with E-state index >= 15 is 0 Å². The molecule has 1 aromatic carbocycles. The minimum absolute atomic E-state index is 0.0927. The maximum absolute atomic E-state index is 12.2. The van der Waals surface area contributed by atoms with Gasteiger partial charge in [-0.2, -0.15) is 15.1 Å². The number of hydrogen-bond acceptors (Lipinski definition) is 4. The van der Waals surface area contributed by atoms with Gasteiger partial charge in [0.2, 0.25) is 5.17 Å². The number of aliphatic imine (C=N–C) groups is 1. The van der Waals surface area contributed by atoms with Crippen LogP contribution in [0.3, 0.4) is 0 Å². The number of benzene rings is 1. The average molecular weight is 312 g/mol. The second-order valence-electron chi connectivity index (χ2n) is 5.18. The van der Waals surface area contributed by atoms with E-state index in [4.69, 9.17) is 5.41 Å². The first-order chi connectivity index (χ1) is 10.6. The Bertz CT molecular complexity index is 748. The second kappa shape index (κ2) is 5.88. The topological polar surface area (TPSA) is 68.9 Å². The van der Waals surface area contributed by atoms with E-state index in [1.165, 1.54) is 16.8 Å². The summed E-state index contributed by atoms with van der Waals surface area (Å²) in [5, 5.41) is 15.5. The van der Waals surface area contributed by atoms with E-state index in [2.05, 4.69) is 17.0 Å². The summed E-state index contributed by atoms with van der Waals surface area (Å²) in [7, 11) is 0. The van der Waals surface area contributed by atoms with E-state index < -0.39 is 0 Å². The van der Waals surface area contributed by atoms with E-state index in [-0.39, 0.29) is 17.3 Å². The maximum Gasteiger partial charge on any atom is 0.283 e. The second-order valence-corrected chi connectivity index (χ2v) is 6.22. The van der Waals surface area contributed by atoms with Crippen LogP contribution in [0, 0.1) is 12.3 Å². The van der Waals surface area contributed by atoms with Crippen LogP contribution in [0.2, 0.25) is 0 Å². The smallest absolute Gasteiger partial charge is 0.282 e. The van der Waals surface area contributed by atoms with Crippen molar-refractivity contribution in [3.8, 4) is 0 Å². The van der Waals surface area contributed by atoms with E-state index in [1.54, 1.807) is 6.08 Å². The van der Waals surface area contributed by atoms with E-state index in [0.29, 0.717) is 5.17 Å². The number of carbonyl (C=O) groups excluding carboxylic acids is 1. The first-order valence-corrected chi connectivity index (χ1v) is 7.96. The lowest BCUT2D eigenvalue weighted by Gasteiger charge is -2.20. The normalized spacial score (nSPS) is 19.4. The molecule has 0 fully saturated rings. The van der Waals surface area contributed by atoms with Gasteiger partial charge in [0.15, 0.2) is 5.84 Å². The molecule has 6 heteroatoms. The largest absolute Gasteiger partial charge is 0.283 e. The molecule has 3 rings (SSSR count). The van der Waals surface area contributed by atoms with Crippen molar-refractivity contribution in [3.63, 3.8) is 0 Å². The number of hydrogen-bond donors (Lipinski definition) is 1. The SMILES string of the molecule is CCCC1=NN2C(=N)C(=Cc3cccc(C)c3)C(=O)N=C2S1. The van der Waals surface area contributed by atoms with Crippen LogP contribution >= 0.6 is 11.8 Å². The van der Waals surface area contributed by atoms with Crippen molar-refractivity contribution in [1.29, 1.82) is 5.41 Å². The van der Waals surface area contributed by atoms with Crippen LogP contribution in [0.5, 0.6) is 0 Å². The van der Waals surface area contributed by atoms with E-state index in [9.17, 15) is 4.79 Å². The summed E-state index contributed by atoms with van der Waals surface area (Å²) in [6, 6.07) is 7.79. The summed E-state index contributed by atoms with van der Waals surface area (Å²) in [6.45, 7) is 4.06. The number of nitrogens with zero attached hydrogens (tertiary/aromatic N) is 3. The van der Waals surface area contributed by atoms with Gasteiger partial charge in [-0.05, 0) is 43.2 Å². The molecule has 0 atom stereocenters. The highest BCUT2D eigenvalue weighted by atomic mass is 32.2. The van der Waals surface area contributed by atoms with Gasteiger partial charge >= 0.3 is 0 Å². The molecule has 0 aliphatic carbocycles. The highest BCUT2D eigenvalue weighted by molar-refractivity contribution is 8.26. The molecule has 22 heavy (non-hydrogen) atoms. The number of aryl methyl sites for hydroxylation is 1. The minimum Gasteiger partial charge on any atom is -0.282 e. The van der Waals surface area contributed by atoms with Crippen LogP contribution in [-0.2, 0) is 4.79 Å². The molecule has 0 unspecified atom stereocenters. The fraction of sp³-hybridized carbons (Fsp3) is 0.250. The van der Waals surface area contributed by atoms with Crippen LogP contribution < -0.4 is 0 Å². The molecular weight excluding hydrogens is 296 g/mol. The predicted molar refractivity (Wildman–Crippen MR) is 91.1 cm³/mol. The van der Waals surface area contributed by atoms with Crippen LogP contribution in [-0.4, -0.2) is 27.0 Å². The lowest BCUT2D eigenvalue weighted by Crippen LogP contribution is -2.35. The van der Waals surface area contributed by atoms with E-state index in [0.717, 1.165) is 29.0 Å². The van der Waals surface area contributed by atoms with Crippen LogP contribution in [0.25, 0.3) is 6.08 Å². The van der Waals surface area contributed by atoms with Crippen LogP contribution in [0.1, 0.15) is 30.9 Å². The standard InChI is InChI=1S/C16H16N4OS/c1-3-5-13-19-20-14(17)12(15(21)18-16(20)22-13)9-11-7-4-6-10(2)8-11/h4,6-9,17H,3,5H2,1-2H3. The van der Waals surface area contributed by atoms with Crippen molar-refractivity contribution in [3.05, 3.63) is 41.0 Å². The van der Waals surface area contributed by atoms with Gasteiger partial charge in [0.1, 0.15) is 5.04 Å². The first-order valence-electron chi connectivity index (χ1n) is 7.14. The summed E-state index contributed by atoms with van der Waals surface area (Å²) >= 11 is 1.37. The Hall–Kier alpha value is -2.21. The highest BCUT2D eigenvalue weighted by Crippen LogP contribution is 2.29. The van der Waals surface area contributed by atoms with Crippen LogP contribution in [0.4, 0.5) is 0 Å². The zero-order valence-electron chi connectivity index (χ0n) is 12.5. The molecule has 0 aromatic heterocycles. The number of carbonyl (C=O) groups is 1. The fourth-order valence-corrected chi connectivity index (χ4v) is 3.26. The lowest BCUT2D eigenvalue weighted by atomic mass is 10.1. The van der Waals surface area contributed by atoms with Gasteiger partial charge in [0, 0.05) is 0 Å². The molecule has 0 saturated heterocycles. The van der Waals surface area contributed by atoms with Crippen molar-refractivity contribution in [1.82, 2.24) is 5.01 Å². The molecule has 2 heterocycles. The Balaban J connectivity index is 1.95. The summed E-state index contributed by atoms with van der Waals surface area (Å²) < 4.78 is 0. The monoisotopic (exact) mass is 312 g/mol. The zero-order chi connectivity index (χ0) is 15.7. The molecule has 0 bridgehead atoms.